The number of fused-ring (bicyclic) bond motifs is 1. The smallest absolute Gasteiger partial charge is 0.352 e. The molecular weight excluding hydrogens is 534 g/mol. The highest BCUT2D eigenvalue weighted by molar-refractivity contribution is 8.01. The first kappa shape index (κ1) is 27.6. The molecule has 0 aliphatic carbocycles. The van der Waals surface area contributed by atoms with Gasteiger partial charge in [-0.15, -0.1) is 22.0 Å². The van der Waals surface area contributed by atoms with Gasteiger partial charge in [-0.25, -0.2) is 4.79 Å². The molecule has 1 saturated heterocycles. The van der Waals surface area contributed by atoms with Crippen LogP contribution in [0.15, 0.2) is 40.7 Å². The number of nitrogens with one attached hydrogen (secondary N) is 3. The second kappa shape index (κ2) is 12.0. The van der Waals surface area contributed by atoms with Crippen molar-refractivity contribution in [1.29, 1.82) is 0 Å². The molecule has 4 atom stereocenters. The number of hydrogen-bond donors (Lipinski definition) is 5. The minimum Gasteiger partial charge on any atom is -0.481 e. The predicted octanol–water partition coefficient (Wildman–Crippen LogP) is 0.472. The minimum atomic E-state index is -1.34. The van der Waals surface area contributed by atoms with Gasteiger partial charge in [-0.2, -0.15) is 5.21 Å². The summed E-state index contributed by atoms with van der Waals surface area (Å²) in [5.74, 6) is -4.14. The van der Waals surface area contributed by atoms with Crippen LogP contribution in [0, 0.1) is 5.92 Å². The van der Waals surface area contributed by atoms with Crippen LogP contribution >= 0.6 is 23.5 Å². The highest BCUT2D eigenvalue weighted by atomic mass is 32.2. The molecule has 0 bridgehead atoms. The lowest BCUT2D eigenvalue weighted by atomic mass is 9.93. The van der Waals surface area contributed by atoms with Crippen molar-refractivity contribution < 1.29 is 29.4 Å². The second-order valence-corrected chi connectivity index (χ2v) is 10.9. The van der Waals surface area contributed by atoms with Crippen LogP contribution in [0.5, 0.6) is 0 Å². The van der Waals surface area contributed by atoms with E-state index in [1.807, 2.05) is 31.3 Å². The molecule has 2 aromatic rings. The normalized spacial score (nSPS) is 20.4. The quantitative estimate of drug-likeness (QED) is 0.178. The number of thioether (sulfide) groups is 2. The maximum Gasteiger partial charge on any atom is 0.352 e. The Bertz CT molecular complexity index is 1250. The summed E-state index contributed by atoms with van der Waals surface area (Å²) in [4.78, 5) is 51.6. The van der Waals surface area contributed by atoms with Gasteiger partial charge in [-0.1, -0.05) is 43.0 Å². The highest BCUT2D eigenvalue weighted by Gasteiger charge is 2.55. The SMILES string of the molecule is CCC(C(=O)O)C(Sc1nn[nH]n1)C1=C(C(=O)O)N2C(=O)C(NC(=O)Cc3ccccc3CNC)[C@H]2SC1. The Morgan fingerprint density at radius 2 is 2.00 bits per heavy atom. The van der Waals surface area contributed by atoms with Gasteiger partial charge < -0.3 is 20.8 Å². The fourth-order valence-electron chi connectivity index (χ4n) is 4.58. The number of rotatable bonds is 12. The van der Waals surface area contributed by atoms with Gasteiger partial charge in [-0.05, 0) is 35.4 Å². The molecule has 1 aromatic carbocycles. The number of tetrazole rings is 1. The Morgan fingerprint density at radius 3 is 2.61 bits per heavy atom. The second-order valence-electron chi connectivity index (χ2n) is 8.70. The number of benzene rings is 1. The number of amides is 2. The van der Waals surface area contributed by atoms with E-state index in [4.69, 9.17) is 0 Å². The van der Waals surface area contributed by atoms with Gasteiger partial charge in [0, 0.05) is 12.3 Å². The number of carbonyl (C=O) groups is 4. The molecule has 15 heteroatoms. The first-order chi connectivity index (χ1) is 18.3. The number of carboxylic acids is 2. The van der Waals surface area contributed by atoms with E-state index in [0.717, 1.165) is 27.8 Å². The maximum absolute atomic E-state index is 13.2. The number of carboxylic acid groups (broad SMARTS) is 2. The number of aliphatic carboxylic acids is 2. The monoisotopic (exact) mass is 561 g/mol. The molecular formula is C23H27N7O6S2. The summed E-state index contributed by atoms with van der Waals surface area (Å²) in [6, 6.07) is 6.60. The molecule has 1 aromatic heterocycles. The number of aromatic amines is 1. The van der Waals surface area contributed by atoms with Crippen molar-refractivity contribution >= 4 is 47.3 Å². The van der Waals surface area contributed by atoms with Crippen molar-refractivity contribution in [3.63, 3.8) is 0 Å². The van der Waals surface area contributed by atoms with Crippen LogP contribution in [0.25, 0.3) is 0 Å². The summed E-state index contributed by atoms with van der Waals surface area (Å²) < 4.78 is 0. The molecule has 4 rings (SSSR count). The van der Waals surface area contributed by atoms with Crippen LogP contribution in [0.1, 0.15) is 24.5 Å². The van der Waals surface area contributed by atoms with E-state index in [2.05, 4.69) is 31.3 Å². The van der Waals surface area contributed by atoms with Gasteiger partial charge in [0.25, 0.3) is 5.91 Å². The van der Waals surface area contributed by atoms with Crippen LogP contribution in [-0.2, 0) is 32.1 Å². The summed E-state index contributed by atoms with van der Waals surface area (Å²) in [6.07, 6.45) is 0.295. The van der Waals surface area contributed by atoms with Crippen molar-refractivity contribution in [2.24, 2.45) is 5.92 Å². The fraction of sp³-hybridized carbons (Fsp3) is 0.435. The van der Waals surface area contributed by atoms with Gasteiger partial charge in [0.2, 0.25) is 11.1 Å². The summed E-state index contributed by atoms with van der Waals surface area (Å²) in [5, 5.41) is 38.0. The zero-order chi connectivity index (χ0) is 27.4. The lowest BCUT2D eigenvalue weighted by Gasteiger charge is -2.50. The molecule has 13 nitrogen and oxygen atoms in total. The standard InChI is InChI=1S/C23H27N7O6S2/c1-3-13(21(33)34)18(38-23-26-28-29-27-23)14-10-37-20-16(19(32)30(20)17(14)22(35)36)25-15(31)8-11-6-4-5-7-12(11)9-24-2/h4-7,13,16,18,20,24H,3,8-10H2,1-2H3,(H,25,31)(H,33,34)(H,35,36)(H,26,27,28,29)/t13?,16?,18?,20-/m1/s1. The average Bonchev–Trinajstić information content (AvgIpc) is 3.40. The number of H-pyrrole nitrogens is 1. The third-order valence-electron chi connectivity index (χ3n) is 6.38. The molecule has 2 aliphatic rings. The van der Waals surface area contributed by atoms with E-state index < -0.39 is 40.4 Å². The largest absolute Gasteiger partial charge is 0.481 e. The molecule has 0 radical (unpaired) electrons. The Balaban J connectivity index is 1.56. The molecule has 0 spiro atoms. The summed E-state index contributed by atoms with van der Waals surface area (Å²) in [7, 11) is 1.81. The van der Waals surface area contributed by atoms with Crippen molar-refractivity contribution in [2.45, 2.75) is 48.1 Å². The number of β-lactam (4-membered cyclic amide) rings is 1. The molecule has 0 saturated carbocycles. The van der Waals surface area contributed by atoms with Crippen LogP contribution < -0.4 is 10.6 Å². The van der Waals surface area contributed by atoms with E-state index in [0.29, 0.717) is 12.1 Å². The maximum atomic E-state index is 13.2. The summed E-state index contributed by atoms with van der Waals surface area (Å²) in [5.41, 5.74) is 1.83. The van der Waals surface area contributed by atoms with Gasteiger partial charge in [0.05, 0.1) is 17.6 Å². The molecule has 3 heterocycles. The van der Waals surface area contributed by atoms with Gasteiger partial charge in [0.15, 0.2) is 0 Å². The first-order valence-corrected chi connectivity index (χ1v) is 13.7. The number of hydrogen-bond acceptors (Lipinski definition) is 10. The van der Waals surface area contributed by atoms with E-state index in [9.17, 15) is 29.4 Å². The number of aromatic nitrogens is 4. The van der Waals surface area contributed by atoms with Crippen molar-refractivity contribution in [1.82, 2.24) is 36.2 Å². The van der Waals surface area contributed by atoms with E-state index in [1.165, 1.54) is 11.8 Å². The van der Waals surface area contributed by atoms with Gasteiger partial charge in [-0.3, -0.25) is 19.3 Å². The molecule has 2 aliphatic heterocycles. The number of nitrogens with zero attached hydrogens (tertiary/aromatic N) is 4. The molecule has 38 heavy (non-hydrogen) atoms. The van der Waals surface area contributed by atoms with Crippen molar-refractivity contribution in [2.75, 3.05) is 12.8 Å². The van der Waals surface area contributed by atoms with Crippen LogP contribution in [0.4, 0.5) is 0 Å². The Hall–Kier alpha value is -3.43. The molecule has 3 unspecified atom stereocenters. The summed E-state index contributed by atoms with van der Waals surface area (Å²) in [6.45, 7) is 2.28. The third kappa shape index (κ3) is 5.54. The molecule has 1 fully saturated rings. The van der Waals surface area contributed by atoms with E-state index in [1.54, 1.807) is 6.92 Å². The lowest BCUT2D eigenvalue weighted by Crippen LogP contribution is -2.71. The Morgan fingerprint density at radius 1 is 1.26 bits per heavy atom. The minimum absolute atomic E-state index is 0.0755. The molecule has 2 amide bonds. The van der Waals surface area contributed by atoms with Crippen LogP contribution in [0.2, 0.25) is 0 Å². The van der Waals surface area contributed by atoms with Gasteiger partial charge in [0.1, 0.15) is 17.1 Å². The number of carbonyl (C=O) groups excluding carboxylic acids is 2. The van der Waals surface area contributed by atoms with Crippen LogP contribution in [0.3, 0.4) is 0 Å². The van der Waals surface area contributed by atoms with Crippen LogP contribution in [-0.4, -0.2) is 89.0 Å². The first-order valence-electron chi connectivity index (χ1n) is 11.8. The zero-order valence-corrected chi connectivity index (χ0v) is 22.2. The Labute approximate surface area is 226 Å². The fourth-order valence-corrected chi connectivity index (χ4v) is 7.31. The lowest BCUT2D eigenvalue weighted by molar-refractivity contribution is -0.150. The Kier molecular flexibility index (Phi) is 8.69. The average molecular weight is 562 g/mol. The van der Waals surface area contributed by atoms with Crippen molar-refractivity contribution in [3.05, 3.63) is 46.7 Å². The molecule has 202 valence electrons. The third-order valence-corrected chi connectivity index (χ3v) is 8.93. The highest BCUT2D eigenvalue weighted by Crippen LogP contribution is 2.45. The van der Waals surface area contributed by atoms with Crippen molar-refractivity contribution in [3.8, 4) is 0 Å². The predicted molar refractivity (Wildman–Crippen MR) is 138 cm³/mol. The van der Waals surface area contributed by atoms with Gasteiger partial charge >= 0.3 is 11.9 Å². The van der Waals surface area contributed by atoms with E-state index in [-0.39, 0.29) is 35.4 Å². The zero-order valence-electron chi connectivity index (χ0n) is 20.6. The topological polar surface area (TPSA) is 190 Å². The molecule has 5 N–H and O–H groups in total. The van der Waals surface area contributed by atoms with E-state index >= 15 is 0 Å². The summed E-state index contributed by atoms with van der Waals surface area (Å²) >= 11 is 2.27.